The first-order chi connectivity index (χ1) is 12.2. The number of Topliss-reactive ketones (excluding diaryl/α,β-unsaturated/α-hetero) is 1. The van der Waals surface area contributed by atoms with Gasteiger partial charge in [-0.2, -0.15) is 0 Å². The lowest BCUT2D eigenvalue weighted by Gasteiger charge is -2.38. The minimum absolute atomic E-state index is 0.00273. The van der Waals surface area contributed by atoms with Crippen molar-refractivity contribution in [1.82, 2.24) is 0 Å². The SMILES string of the molecule is CCOC(=O)C1=C(N)OC2=C(C(=O)CC(C)(C)C2)[C@H]1c1cccc(C)c1. The van der Waals surface area contributed by atoms with Crippen molar-refractivity contribution < 1.29 is 19.1 Å². The van der Waals surface area contributed by atoms with Crippen LogP contribution < -0.4 is 5.73 Å². The van der Waals surface area contributed by atoms with Crippen LogP contribution in [0.4, 0.5) is 0 Å². The highest BCUT2D eigenvalue weighted by Gasteiger charge is 2.44. The highest BCUT2D eigenvalue weighted by Crippen LogP contribution is 2.48. The number of benzene rings is 1. The molecule has 0 amide bonds. The molecular formula is C21H25NO4. The van der Waals surface area contributed by atoms with E-state index in [1.165, 1.54) is 0 Å². The predicted molar refractivity (Wildman–Crippen MR) is 97.9 cm³/mol. The average molecular weight is 355 g/mol. The van der Waals surface area contributed by atoms with Gasteiger partial charge >= 0.3 is 5.97 Å². The maximum absolute atomic E-state index is 13.0. The van der Waals surface area contributed by atoms with Crippen LogP contribution in [-0.2, 0) is 19.1 Å². The van der Waals surface area contributed by atoms with E-state index in [1.54, 1.807) is 6.92 Å². The molecule has 0 radical (unpaired) electrons. The van der Waals surface area contributed by atoms with Crippen molar-refractivity contribution in [2.45, 2.75) is 46.5 Å². The van der Waals surface area contributed by atoms with Crippen LogP contribution >= 0.6 is 0 Å². The van der Waals surface area contributed by atoms with E-state index in [1.807, 2.05) is 45.0 Å². The summed E-state index contributed by atoms with van der Waals surface area (Å²) in [5, 5.41) is 0. The van der Waals surface area contributed by atoms with E-state index >= 15 is 0 Å². The molecule has 0 unspecified atom stereocenters. The highest BCUT2D eigenvalue weighted by molar-refractivity contribution is 6.03. The average Bonchev–Trinajstić information content (AvgIpc) is 2.52. The lowest BCUT2D eigenvalue weighted by molar-refractivity contribution is -0.139. The second-order valence-corrected chi connectivity index (χ2v) is 7.73. The Morgan fingerprint density at radius 1 is 1.35 bits per heavy atom. The van der Waals surface area contributed by atoms with Crippen molar-refractivity contribution >= 4 is 11.8 Å². The van der Waals surface area contributed by atoms with Gasteiger partial charge in [0, 0.05) is 18.4 Å². The number of ether oxygens (including phenoxy) is 2. The first-order valence-electron chi connectivity index (χ1n) is 8.91. The summed E-state index contributed by atoms with van der Waals surface area (Å²) in [6.45, 7) is 7.99. The Kier molecular flexibility index (Phi) is 4.65. The van der Waals surface area contributed by atoms with Gasteiger partial charge in [-0.15, -0.1) is 0 Å². The van der Waals surface area contributed by atoms with E-state index in [0.29, 0.717) is 24.2 Å². The van der Waals surface area contributed by atoms with E-state index in [-0.39, 0.29) is 29.3 Å². The number of esters is 1. The van der Waals surface area contributed by atoms with Crippen LogP contribution in [-0.4, -0.2) is 18.4 Å². The summed E-state index contributed by atoms with van der Waals surface area (Å²) in [5.41, 5.74) is 8.57. The summed E-state index contributed by atoms with van der Waals surface area (Å²) in [6, 6.07) is 7.77. The molecule has 0 aromatic heterocycles. The van der Waals surface area contributed by atoms with Crippen LogP contribution in [0.1, 0.15) is 50.7 Å². The number of nitrogens with two attached hydrogens (primary N) is 1. The van der Waals surface area contributed by atoms with Gasteiger partial charge in [-0.1, -0.05) is 43.7 Å². The normalized spacial score (nSPS) is 22.0. The summed E-state index contributed by atoms with van der Waals surface area (Å²) in [5.74, 6) is -0.499. The number of rotatable bonds is 3. The van der Waals surface area contributed by atoms with Crippen molar-refractivity contribution in [2.75, 3.05) is 6.61 Å². The monoisotopic (exact) mass is 355 g/mol. The zero-order valence-corrected chi connectivity index (χ0v) is 15.7. The fourth-order valence-electron chi connectivity index (χ4n) is 3.78. The maximum atomic E-state index is 13.0. The number of hydrogen-bond acceptors (Lipinski definition) is 5. The van der Waals surface area contributed by atoms with Crippen LogP contribution in [0, 0.1) is 12.3 Å². The van der Waals surface area contributed by atoms with Gasteiger partial charge in [-0.25, -0.2) is 4.79 Å². The van der Waals surface area contributed by atoms with E-state index in [0.717, 1.165) is 11.1 Å². The minimum atomic E-state index is -0.554. The lowest BCUT2D eigenvalue weighted by atomic mass is 9.70. The van der Waals surface area contributed by atoms with Gasteiger partial charge in [0.15, 0.2) is 5.78 Å². The van der Waals surface area contributed by atoms with Crippen molar-refractivity contribution in [3.05, 3.63) is 58.2 Å². The van der Waals surface area contributed by atoms with Crippen LogP contribution in [0.5, 0.6) is 0 Å². The molecule has 1 heterocycles. The second-order valence-electron chi connectivity index (χ2n) is 7.73. The molecule has 0 saturated carbocycles. The highest BCUT2D eigenvalue weighted by atomic mass is 16.5. The largest absolute Gasteiger partial charge is 0.462 e. The second kappa shape index (κ2) is 6.63. The van der Waals surface area contributed by atoms with E-state index in [2.05, 4.69) is 0 Å². The maximum Gasteiger partial charge on any atom is 0.340 e. The van der Waals surface area contributed by atoms with Crippen LogP contribution in [0.3, 0.4) is 0 Å². The van der Waals surface area contributed by atoms with Crippen LogP contribution in [0.25, 0.3) is 0 Å². The fraction of sp³-hybridized carbons (Fsp3) is 0.429. The third kappa shape index (κ3) is 3.26. The Labute approximate surface area is 153 Å². The summed E-state index contributed by atoms with van der Waals surface area (Å²) >= 11 is 0. The predicted octanol–water partition coefficient (Wildman–Crippen LogP) is 3.49. The zero-order valence-electron chi connectivity index (χ0n) is 15.7. The van der Waals surface area contributed by atoms with Crippen LogP contribution in [0.2, 0.25) is 0 Å². The summed E-state index contributed by atoms with van der Waals surface area (Å²) in [7, 11) is 0. The number of hydrogen-bond donors (Lipinski definition) is 1. The Bertz CT molecular complexity index is 832. The van der Waals surface area contributed by atoms with Gasteiger partial charge in [0.25, 0.3) is 0 Å². The van der Waals surface area contributed by atoms with E-state index in [4.69, 9.17) is 15.2 Å². The molecule has 26 heavy (non-hydrogen) atoms. The van der Waals surface area contributed by atoms with E-state index in [9.17, 15) is 9.59 Å². The Balaban J connectivity index is 2.18. The lowest BCUT2D eigenvalue weighted by Crippen LogP contribution is -2.35. The molecule has 0 fully saturated rings. The molecule has 0 bridgehead atoms. The quantitative estimate of drug-likeness (QED) is 0.840. The molecule has 2 N–H and O–H groups in total. The van der Waals surface area contributed by atoms with Crippen molar-refractivity contribution in [3.8, 4) is 0 Å². The zero-order chi connectivity index (χ0) is 19.1. The van der Waals surface area contributed by atoms with Gasteiger partial charge < -0.3 is 15.2 Å². The van der Waals surface area contributed by atoms with Crippen molar-refractivity contribution in [1.29, 1.82) is 0 Å². The summed E-state index contributed by atoms with van der Waals surface area (Å²) in [6.07, 6.45) is 1.01. The van der Waals surface area contributed by atoms with Gasteiger partial charge in [-0.05, 0) is 24.8 Å². The molecule has 1 aliphatic heterocycles. The van der Waals surface area contributed by atoms with Crippen molar-refractivity contribution in [3.63, 3.8) is 0 Å². The fourth-order valence-corrected chi connectivity index (χ4v) is 3.78. The number of ketones is 1. The smallest absolute Gasteiger partial charge is 0.340 e. The number of allylic oxidation sites excluding steroid dienone is 2. The molecule has 5 nitrogen and oxygen atoms in total. The number of carbonyl (C=O) groups excluding carboxylic acids is 2. The van der Waals surface area contributed by atoms with Gasteiger partial charge in [0.2, 0.25) is 5.88 Å². The Hall–Kier alpha value is -2.56. The molecule has 5 heteroatoms. The minimum Gasteiger partial charge on any atom is -0.462 e. The van der Waals surface area contributed by atoms with E-state index < -0.39 is 11.9 Å². The molecule has 138 valence electrons. The molecule has 3 rings (SSSR count). The third-order valence-corrected chi connectivity index (χ3v) is 4.83. The molecule has 1 aliphatic carbocycles. The van der Waals surface area contributed by atoms with Gasteiger partial charge in [0.05, 0.1) is 12.5 Å². The standard InChI is InChI=1S/C21H25NO4/c1-5-25-20(24)18-16(13-8-6-7-12(2)9-13)17-14(23)10-21(3,4)11-15(17)26-19(18)22/h6-9,16H,5,10-11,22H2,1-4H3/t16-/m1/s1. The van der Waals surface area contributed by atoms with Gasteiger partial charge in [0.1, 0.15) is 11.3 Å². The number of carbonyl (C=O) groups is 2. The third-order valence-electron chi connectivity index (χ3n) is 4.83. The Morgan fingerprint density at radius 2 is 2.08 bits per heavy atom. The molecule has 0 saturated heterocycles. The topological polar surface area (TPSA) is 78.6 Å². The molecule has 1 aromatic carbocycles. The summed E-state index contributed by atoms with van der Waals surface area (Å²) < 4.78 is 11.0. The first-order valence-corrected chi connectivity index (χ1v) is 8.91. The molecule has 0 spiro atoms. The molecule has 1 aromatic rings. The Morgan fingerprint density at radius 3 is 2.73 bits per heavy atom. The van der Waals surface area contributed by atoms with Crippen molar-refractivity contribution in [2.24, 2.45) is 11.1 Å². The first kappa shape index (κ1) is 18.2. The molecule has 2 aliphatic rings. The van der Waals surface area contributed by atoms with Crippen LogP contribution in [0.15, 0.2) is 47.1 Å². The van der Waals surface area contributed by atoms with Gasteiger partial charge in [-0.3, -0.25) is 4.79 Å². The summed E-state index contributed by atoms with van der Waals surface area (Å²) in [4.78, 5) is 25.6. The molecule has 1 atom stereocenters. The number of aryl methyl sites for hydroxylation is 1. The molecular weight excluding hydrogens is 330 g/mol.